The van der Waals surface area contributed by atoms with Gasteiger partial charge in [-0.25, -0.2) is 8.42 Å². The van der Waals surface area contributed by atoms with E-state index in [9.17, 15) is 8.42 Å². The lowest BCUT2D eigenvalue weighted by atomic mass is 10.2. The van der Waals surface area contributed by atoms with Crippen LogP contribution in [0.5, 0.6) is 0 Å². The highest BCUT2D eigenvalue weighted by Crippen LogP contribution is 2.17. The summed E-state index contributed by atoms with van der Waals surface area (Å²) in [5.41, 5.74) is 0.585. The molecule has 0 aliphatic carbocycles. The van der Waals surface area contributed by atoms with Crippen molar-refractivity contribution in [2.24, 2.45) is 0 Å². The van der Waals surface area contributed by atoms with Crippen LogP contribution in [0.4, 0.5) is 0 Å². The molecule has 0 spiro atoms. The van der Waals surface area contributed by atoms with Gasteiger partial charge in [0.2, 0.25) is 10.0 Å². The minimum atomic E-state index is -3.52. The zero-order valence-electron chi connectivity index (χ0n) is 11.4. The first-order chi connectivity index (χ1) is 9.06. The zero-order valence-corrected chi connectivity index (χ0v) is 12.2. The van der Waals surface area contributed by atoms with Crippen molar-refractivity contribution in [2.45, 2.75) is 25.3 Å². The molecule has 0 amide bonds. The van der Waals surface area contributed by atoms with Gasteiger partial charge in [-0.3, -0.25) is 0 Å². The largest absolute Gasteiger partial charge is 0.392 e. The van der Waals surface area contributed by atoms with Crippen molar-refractivity contribution in [3.8, 4) is 0 Å². The maximum atomic E-state index is 12.4. The monoisotopic (exact) mass is 287 g/mol. The van der Waals surface area contributed by atoms with Crippen LogP contribution in [0.1, 0.15) is 19.4 Å². The molecule has 19 heavy (non-hydrogen) atoms. The van der Waals surface area contributed by atoms with Gasteiger partial charge in [0.15, 0.2) is 0 Å². The van der Waals surface area contributed by atoms with Crippen molar-refractivity contribution < 1.29 is 18.3 Å². The van der Waals surface area contributed by atoms with E-state index < -0.39 is 10.0 Å². The number of hydrogen-bond donors (Lipinski definition) is 1. The van der Waals surface area contributed by atoms with E-state index >= 15 is 0 Å². The summed E-state index contributed by atoms with van der Waals surface area (Å²) in [5, 5.41) is 9.07. The van der Waals surface area contributed by atoms with Gasteiger partial charge in [-0.2, -0.15) is 4.31 Å². The minimum absolute atomic E-state index is 0.172. The first-order valence-electron chi connectivity index (χ1n) is 6.34. The summed E-state index contributed by atoms with van der Waals surface area (Å²) in [4.78, 5) is 0.206. The van der Waals surface area contributed by atoms with Crippen molar-refractivity contribution in [1.82, 2.24) is 4.31 Å². The molecule has 0 bridgehead atoms. The maximum absolute atomic E-state index is 12.4. The molecule has 0 aliphatic rings. The zero-order chi connectivity index (χ0) is 14.3. The first kappa shape index (κ1) is 16.1. The lowest BCUT2D eigenvalue weighted by Crippen LogP contribution is -2.34. The Morgan fingerprint density at radius 2 is 2.05 bits per heavy atom. The quantitative estimate of drug-likeness (QED) is 0.730. The number of rotatable bonds is 8. The Kier molecular flexibility index (Phi) is 6.44. The van der Waals surface area contributed by atoms with Gasteiger partial charge in [-0.1, -0.05) is 19.1 Å². The SMILES string of the molecule is CCOCCN(CC)S(=O)(=O)c1cccc(CO)c1. The number of sulfonamides is 1. The number of ether oxygens (including phenoxy) is 1. The van der Waals surface area contributed by atoms with E-state index in [-0.39, 0.29) is 11.5 Å². The highest BCUT2D eigenvalue weighted by atomic mass is 32.2. The average Bonchev–Trinajstić information content (AvgIpc) is 2.43. The predicted octanol–water partition coefficient (Wildman–Crippen LogP) is 1.23. The second kappa shape index (κ2) is 7.59. The van der Waals surface area contributed by atoms with Crippen LogP contribution in [0.25, 0.3) is 0 Å². The van der Waals surface area contributed by atoms with Crippen LogP contribution in [0.2, 0.25) is 0 Å². The standard InChI is InChI=1S/C13H21NO4S/c1-3-14(8-9-18-4-2)19(16,17)13-7-5-6-12(10-13)11-15/h5-7,10,15H,3-4,8-9,11H2,1-2H3. The molecule has 1 aromatic carbocycles. The third-order valence-corrected chi connectivity index (χ3v) is 4.73. The first-order valence-corrected chi connectivity index (χ1v) is 7.78. The molecule has 108 valence electrons. The Morgan fingerprint density at radius 1 is 1.32 bits per heavy atom. The Hall–Kier alpha value is -0.950. The van der Waals surface area contributed by atoms with E-state index in [0.717, 1.165) is 0 Å². The number of benzene rings is 1. The Bertz CT molecular complexity index is 487. The maximum Gasteiger partial charge on any atom is 0.243 e. The average molecular weight is 287 g/mol. The van der Waals surface area contributed by atoms with Crippen molar-refractivity contribution in [1.29, 1.82) is 0 Å². The molecule has 1 N–H and O–H groups in total. The Labute approximate surface area is 114 Å². The number of aliphatic hydroxyl groups is 1. The predicted molar refractivity (Wildman–Crippen MR) is 73.3 cm³/mol. The molecule has 6 heteroatoms. The van der Waals surface area contributed by atoms with Crippen LogP contribution < -0.4 is 0 Å². The fourth-order valence-corrected chi connectivity index (χ4v) is 3.22. The minimum Gasteiger partial charge on any atom is -0.392 e. The van der Waals surface area contributed by atoms with E-state index in [0.29, 0.717) is 31.9 Å². The third-order valence-electron chi connectivity index (χ3n) is 2.76. The molecule has 0 saturated carbocycles. The van der Waals surface area contributed by atoms with Crippen LogP contribution in [-0.2, 0) is 21.4 Å². The summed E-state index contributed by atoms with van der Waals surface area (Å²) in [6, 6.07) is 6.36. The van der Waals surface area contributed by atoms with Gasteiger partial charge >= 0.3 is 0 Å². The van der Waals surface area contributed by atoms with Crippen LogP contribution in [0.3, 0.4) is 0 Å². The summed E-state index contributed by atoms with van der Waals surface area (Å²) < 4.78 is 31.4. The molecule has 0 unspecified atom stereocenters. The highest BCUT2D eigenvalue weighted by Gasteiger charge is 2.22. The third kappa shape index (κ3) is 4.28. The topological polar surface area (TPSA) is 66.8 Å². The fraction of sp³-hybridized carbons (Fsp3) is 0.538. The van der Waals surface area contributed by atoms with Gasteiger partial charge in [0.25, 0.3) is 0 Å². The van der Waals surface area contributed by atoms with Crippen LogP contribution in [0.15, 0.2) is 29.2 Å². The molecule has 0 aromatic heterocycles. The van der Waals surface area contributed by atoms with Crippen molar-refractivity contribution >= 4 is 10.0 Å². The molecular weight excluding hydrogens is 266 g/mol. The molecular formula is C13H21NO4S. The summed E-state index contributed by atoms with van der Waals surface area (Å²) in [6.07, 6.45) is 0. The number of likely N-dealkylation sites (N-methyl/N-ethyl adjacent to an activating group) is 1. The van der Waals surface area contributed by atoms with Crippen molar-refractivity contribution in [2.75, 3.05) is 26.3 Å². The normalized spacial score (nSPS) is 12.0. The smallest absolute Gasteiger partial charge is 0.243 e. The fourth-order valence-electron chi connectivity index (χ4n) is 1.71. The van der Waals surface area contributed by atoms with Crippen molar-refractivity contribution in [3.05, 3.63) is 29.8 Å². The van der Waals surface area contributed by atoms with E-state index in [1.54, 1.807) is 19.1 Å². The Balaban J connectivity index is 2.92. The summed E-state index contributed by atoms with van der Waals surface area (Å²) >= 11 is 0. The van der Waals surface area contributed by atoms with Crippen LogP contribution in [0, 0.1) is 0 Å². The van der Waals surface area contributed by atoms with Gasteiger partial charge in [0, 0.05) is 19.7 Å². The molecule has 0 radical (unpaired) electrons. The number of hydrogen-bond acceptors (Lipinski definition) is 4. The van der Waals surface area contributed by atoms with Crippen LogP contribution >= 0.6 is 0 Å². The van der Waals surface area contributed by atoms with Crippen molar-refractivity contribution in [3.63, 3.8) is 0 Å². The van der Waals surface area contributed by atoms with Crippen LogP contribution in [-0.4, -0.2) is 44.1 Å². The van der Waals surface area contributed by atoms with E-state index in [2.05, 4.69) is 0 Å². The summed E-state index contributed by atoms with van der Waals surface area (Å²) in [6.45, 7) is 5.15. The van der Waals surface area contributed by atoms with Gasteiger partial charge in [0.1, 0.15) is 0 Å². The molecule has 0 heterocycles. The highest BCUT2D eigenvalue weighted by molar-refractivity contribution is 7.89. The number of nitrogens with zero attached hydrogens (tertiary/aromatic N) is 1. The summed E-state index contributed by atoms with van der Waals surface area (Å²) in [7, 11) is -3.52. The lowest BCUT2D eigenvalue weighted by molar-refractivity contribution is 0.135. The van der Waals surface area contributed by atoms with E-state index in [1.165, 1.54) is 16.4 Å². The molecule has 0 fully saturated rings. The summed E-state index contributed by atoms with van der Waals surface area (Å²) in [5.74, 6) is 0. The van der Waals surface area contributed by atoms with Gasteiger partial charge in [-0.15, -0.1) is 0 Å². The molecule has 5 nitrogen and oxygen atoms in total. The molecule has 1 rings (SSSR count). The Morgan fingerprint density at radius 3 is 2.63 bits per heavy atom. The number of aliphatic hydroxyl groups excluding tert-OH is 1. The van der Waals surface area contributed by atoms with Gasteiger partial charge in [0.05, 0.1) is 18.1 Å². The van der Waals surface area contributed by atoms with Gasteiger partial charge < -0.3 is 9.84 Å². The molecule has 0 aliphatic heterocycles. The lowest BCUT2D eigenvalue weighted by Gasteiger charge is -2.20. The molecule has 1 aromatic rings. The second-order valence-electron chi connectivity index (χ2n) is 4.00. The van der Waals surface area contributed by atoms with E-state index in [4.69, 9.17) is 9.84 Å². The molecule has 0 atom stereocenters. The van der Waals surface area contributed by atoms with E-state index in [1.807, 2.05) is 6.92 Å². The second-order valence-corrected chi connectivity index (χ2v) is 5.94. The molecule has 0 saturated heterocycles. The van der Waals surface area contributed by atoms with Gasteiger partial charge in [-0.05, 0) is 24.6 Å².